The van der Waals surface area contributed by atoms with Crippen molar-refractivity contribution in [2.24, 2.45) is 0 Å². The van der Waals surface area contributed by atoms with Gasteiger partial charge < -0.3 is 15.0 Å². The molecule has 0 aliphatic carbocycles. The number of hydrogen-bond donors (Lipinski definition) is 2. The molecule has 0 saturated carbocycles. The minimum atomic E-state index is -4.75. The molecule has 0 spiro atoms. The van der Waals surface area contributed by atoms with Crippen LogP contribution in [0.25, 0.3) is 11.0 Å². The van der Waals surface area contributed by atoms with Crippen LogP contribution in [0.3, 0.4) is 0 Å². The van der Waals surface area contributed by atoms with Crippen molar-refractivity contribution in [1.29, 1.82) is 0 Å². The lowest BCUT2D eigenvalue weighted by Crippen LogP contribution is -2.33. The molecule has 2 N–H and O–H groups in total. The molecule has 5 nitrogen and oxygen atoms in total. The molecule has 0 bridgehead atoms. The molecular formula is C13H15ClF3N3O2. The summed E-state index contributed by atoms with van der Waals surface area (Å²) in [6.45, 7) is 1.56. The molecule has 0 atom stereocenters. The number of aromatic nitrogens is 2. The Labute approximate surface area is 129 Å². The van der Waals surface area contributed by atoms with E-state index in [1.807, 2.05) is 0 Å². The van der Waals surface area contributed by atoms with E-state index < -0.39 is 6.36 Å². The maximum Gasteiger partial charge on any atom is 0.573 e. The van der Waals surface area contributed by atoms with Crippen molar-refractivity contribution in [2.75, 3.05) is 13.1 Å². The summed E-state index contributed by atoms with van der Waals surface area (Å²) in [5.74, 6) is -0.323. The van der Waals surface area contributed by atoms with Gasteiger partial charge in [-0.3, -0.25) is 4.57 Å². The fourth-order valence-electron chi connectivity index (χ4n) is 2.73. The van der Waals surface area contributed by atoms with Gasteiger partial charge in [-0.2, -0.15) is 0 Å². The van der Waals surface area contributed by atoms with Crippen molar-refractivity contribution in [3.63, 3.8) is 0 Å². The summed E-state index contributed by atoms with van der Waals surface area (Å²) in [6, 6.07) is 3.85. The molecule has 1 aliphatic heterocycles. The van der Waals surface area contributed by atoms with Crippen LogP contribution in [0.2, 0.25) is 0 Å². The van der Waals surface area contributed by atoms with Gasteiger partial charge in [0, 0.05) is 12.1 Å². The van der Waals surface area contributed by atoms with E-state index in [0.29, 0.717) is 11.0 Å². The molecule has 1 saturated heterocycles. The number of imidazole rings is 1. The fraction of sp³-hybridized carbons (Fsp3) is 0.462. The van der Waals surface area contributed by atoms with Gasteiger partial charge in [-0.25, -0.2) is 4.79 Å². The van der Waals surface area contributed by atoms with Gasteiger partial charge in [-0.15, -0.1) is 25.6 Å². The third kappa shape index (κ3) is 3.38. The Kier molecular flexibility index (Phi) is 4.72. The van der Waals surface area contributed by atoms with Gasteiger partial charge >= 0.3 is 12.1 Å². The number of rotatable bonds is 2. The third-order valence-electron chi connectivity index (χ3n) is 3.60. The standard InChI is InChI=1S/C13H14F3N3O2.ClH/c14-13(15,16)21-9-1-2-10-11(7-9)19(12(20)18-10)8-3-5-17-6-4-8;/h1-2,7-8,17H,3-6H2,(H,18,20);1H. The summed E-state index contributed by atoms with van der Waals surface area (Å²) in [4.78, 5) is 14.7. The number of piperidine rings is 1. The van der Waals surface area contributed by atoms with E-state index in [-0.39, 0.29) is 29.9 Å². The second-order valence-corrected chi connectivity index (χ2v) is 5.01. The van der Waals surface area contributed by atoms with Crippen molar-refractivity contribution >= 4 is 23.4 Å². The predicted octanol–water partition coefficient (Wildman–Crippen LogP) is 2.57. The lowest BCUT2D eigenvalue weighted by Gasteiger charge is -2.23. The number of fused-ring (bicyclic) bond motifs is 1. The lowest BCUT2D eigenvalue weighted by atomic mass is 10.1. The summed E-state index contributed by atoms with van der Waals surface area (Å²) in [7, 11) is 0. The Hall–Kier alpha value is -1.67. The van der Waals surface area contributed by atoms with Crippen LogP contribution in [0, 0.1) is 0 Å². The summed E-state index contributed by atoms with van der Waals surface area (Å²) in [5, 5.41) is 3.19. The summed E-state index contributed by atoms with van der Waals surface area (Å²) < 4.78 is 42.3. The van der Waals surface area contributed by atoms with Crippen LogP contribution in [0.1, 0.15) is 18.9 Å². The van der Waals surface area contributed by atoms with E-state index >= 15 is 0 Å². The minimum Gasteiger partial charge on any atom is -0.406 e. The van der Waals surface area contributed by atoms with E-state index in [4.69, 9.17) is 0 Å². The Bertz CT molecular complexity index is 705. The van der Waals surface area contributed by atoms with Crippen LogP contribution in [-0.2, 0) is 0 Å². The first kappa shape index (κ1) is 16.7. The van der Waals surface area contributed by atoms with Crippen molar-refractivity contribution < 1.29 is 17.9 Å². The zero-order chi connectivity index (χ0) is 15.0. The number of H-pyrrole nitrogens is 1. The van der Waals surface area contributed by atoms with Crippen molar-refractivity contribution in [2.45, 2.75) is 25.2 Å². The molecule has 1 aliphatic rings. The van der Waals surface area contributed by atoms with E-state index in [1.165, 1.54) is 22.8 Å². The number of ether oxygens (including phenoxy) is 1. The molecule has 2 aromatic rings. The van der Waals surface area contributed by atoms with Crippen molar-refractivity contribution in [3.8, 4) is 5.75 Å². The van der Waals surface area contributed by atoms with E-state index in [9.17, 15) is 18.0 Å². The number of hydrogen-bond acceptors (Lipinski definition) is 3. The smallest absolute Gasteiger partial charge is 0.406 e. The number of benzene rings is 1. The van der Waals surface area contributed by atoms with Crippen LogP contribution in [-0.4, -0.2) is 29.0 Å². The number of nitrogens with zero attached hydrogens (tertiary/aromatic N) is 1. The van der Waals surface area contributed by atoms with Gasteiger partial charge in [0.05, 0.1) is 11.0 Å². The van der Waals surface area contributed by atoms with Crippen molar-refractivity contribution in [1.82, 2.24) is 14.9 Å². The second-order valence-electron chi connectivity index (χ2n) is 5.01. The second kappa shape index (κ2) is 6.21. The Morgan fingerprint density at radius 3 is 2.55 bits per heavy atom. The molecular weight excluding hydrogens is 323 g/mol. The highest BCUT2D eigenvalue weighted by Crippen LogP contribution is 2.28. The number of nitrogens with one attached hydrogen (secondary N) is 2. The molecule has 3 rings (SSSR count). The van der Waals surface area contributed by atoms with Crippen molar-refractivity contribution in [3.05, 3.63) is 28.7 Å². The first-order chi connectivity index (χ1) is 9.94. The maximum atomic E-state index is 12.3. The first-order valence-electron chi connectivity index (χ1n) is 6.65. The largest absolute Gasteiger partial charge is 0.573 e. The van der Waals surface area contributed by atoms with Gasteiger partial charge in [0.2, 0.25) is 0 Å². The predicted molar refractivity (Wildman–Crippen MR) is 77.6 cm³/mol. The topological polar surface area (TPSA) is 59.1 Å². The SMILES string of the molecule is Cl.O=c1[nH]c2ccc(OC(F)(F)F)cc2n1C1CCNCC1. The summed E-state index contributed by atoms with van der Waals surface area (Å²) in [5.41, 5.74) is 0.641. The van der Waals surface area contributed by atoms with Gasteiger partial charge in [0.25, 0.3) is 0 Å². The minimum absolute atomic E-state index is 0. The first-order valence-corrected chi connectivity index (χ1v) is 6.65. The average Bonchev–Trinajstić information content (AvgIpc) is 2.73. The van der Waals surface area contributed by atoms with E-state index in [2.05, 4.69) is 15.0 Å². The number of aromatic amines is 1. The van der Waals surface area contributed by atoms with E-state index in [0.717, 1.165) is 25.9 Å². The zero-order valence-electron chi connectivity index (χ0n) is 11.4. The van der Waals surface area contributed by atoms with Crippen LogP contribution >= 0.6 is 12.4 Å². The van der Waals surface area contributed by atoms with Crippen LogP contribution in [0.4, 0.5) is 13.2 Å². The number of alkyl halides is 3. The van der Waals surface area contributed by atoms with Gasteiger partial charge in [-0.1, -0.05) is 0 Å². The third-order valence-corrected chi connectivity index (χ3v) is 3.60. The van der Waals surface area contributed by atoms with Crippen LogP contribution < -0.4 is 15.7 Å². The summed E-state index contributed by atoms with van der Waals surface area (Å²) >= 11 is 0. The molecule has 22 heavy (non-hydrogen) atoms. The summed E-state index contributed by atoms with van der Waals surface area (Å²) in [6.07, 6.45) is -3.22. The molecule has 9 heteroatoms. The van der Waals surface area contributed by atoms with Crippen LogP contribution in [0.15, 0.2) is 23.0 Å². The highest BCUT2D eigenvalue weighted by molar-refractivity contribution is 5.85. The number of halogens is 4. The monoisotopic (exact) mass is 337 g/mol. The molecule has 0 amide bonds. The molecule has 0 unspecified atom stereocenters. The lowest BCUT2D eigenvalue weighted by molar-refractivity contribution is -0.274. The molecule has 1 aromatic heterocycles. The molecule has 2 heterocycles. The quantitative estimate of drug-likeness (QED) is 0.885. The molecule has 1 fully saturated rings. The van der Waals surface area contributed by atoms with Gasteiger partial charge in [0.1, 0.15) is 5.75 Å². The fourth-order valence-corrected chi connectivity index (χ4v) is 2.73. The van der Waals surface area contributed by atoms with Gasteiger partial charge in [-0.05, 0) is 38.1 Å². The normalized spacial score (nSPS) is 16.5. The Balaban J connectivity index is 0.00000176. The highest BCUT2D eigenvalue weighted by atomic mass is 35.5. The molecule has 1 aromatic carbocycles. The average molecular weight is 338 g/mol. The van der Waals surface area contributed by atoms with Crippen LogP contribution in [0.5, 0.6) is 5.75 Å². The molecule has 0 radical (unpaired) electrons. The highest BCUT2D eigenvalue weighted by Gasteiger charge is 2.31. The zero-order valence-corrected chi connectivity index (χ0v) is 12.3. The van der Waals surface area contributed by atoms with Gasteiger partial charge in [0.15, 0.2) is 0 Å². The van der Waals surface area contributed by atoms with E-state index in [1.54, 1.807) is 0 Å². The Morgan fingerprint density at radius 1 is 1.23 bits per heavy atom. The Morgan fingerprint density at radius 2 is 1.91 bits per heavy atom. The molecule has 122 valence electrons. The maximum absolute atomic E-state index is 12.3.